The van der Waals surface area contributed by atoms with E-state index in [0.29, 0.717) is 0 Å². The van der Waals surface area contributed by atoms with Gasteiger partial charge in [-0.2, -0.15) is 0 Å². The summed E-state index contributed by atoms with van der Waals surface area (Å²) in [4.78, 5) is 2.40. The third kappa shape index (κ3) is 2.06. The van der Waals surface area contributed by atoms with Gasteiger partial charge in [-0.1, -0.05) is 12.1 Å². The number of aliphatic hydroxyl groups is 1. The lowest BCUT2D eigenvalue weighted by Crippen LogP contribution is -2.29. The number of rotatable bonds is 3. The second kappa shape index (κ2) is 4.85. The van der Waals surface area contributed by atoms with Crippen LogP contribution >= 0.6 is 0 Å². The summed E-state index contributed by atoms with van der Waals surface area (Å²) in [5.74, 6) is 0. The fourth-order valence-electron chi connectivity index (χ4n) is 2.36. The van der Waals surface area contributed by atoms with Gasteiger partial charge in [0, 0.05) is 18.8 Å². The average molecular weight is 220 g/mol. The summed E-state index contributed by atoms with van der Waals surface area (Å²) in [5.41, 5.74) is 9.58. The summed E-state index contributed by atoms with van der Waals surface area (Å²) in [5, 5.41) is 9.06. The standard InChI is InChI=1S/C13H20N2O/c1-2-15-7-3-4-11-8-10(12(14)9-16)5-6-13(11)15/h5-6,8,12,16H,2-4,7,9,14H2,1H3/t12-/m0/s1. The van der Waals surface area contributed by atoms with Crippen LogP contribution in [0.4, 0.5) is 5.69 Å². The Morgan fingerprint density at radius 3 is 3.00 bits per heavy atom. The van der Waals surface area contributed by atoms with Crippen LogP contribution in [0.25, 0.3) is 0 Å². The minimum absolute atomic E-state index is 0.0102. The summed E-state index contributed by atoms with van der Waals surface area (Å²) in [6.45, 7) is 4.39. The molecule has 3 heteroatoms. The third-order valence-electron chi connectivity index (χ3n) is 3.32. The average Bonchev–Trinajstić information content (AvgIpc) is 2.36. The highest BCUT2D eigenvalue weighted by molar-refractivity contribution is 5.57. The van der Waals surface area contributed by atoms with Crippen LogP contribution in [-0.2, 0) is 6.42 Å². The Kier molecular flexibility index (Phi) is 3.46. The zero-order chi connectivity index (χ0) is 11.5. The van der Waals surface area contributed by atoms with E-state index in [4.69, 9.17) is 10.8 Å². The number of fused-ring (bicyclic) bond motifs is 1. The highest BCUT2D eigenvalue weighted by atomic mass is 16.3. The van der Waals surface area contributed by atoms with E-state index in [1.165, 1.54) is 17.7 Å². The lowest BCUT2D eigenvalue weighted by atomic mass is 9.97. The van der Waals surface area contributed by atoms with E-state index in [1.54, 1.807) is 0 Å². The Bertz CT molecular complexity index is 365. The van der Waals surface area contributed by atoms with Crippen molar-refractivity contribution in [2.24, 2.45) is 5.73 Å². The lowest BCUT2D eigenvalue weighted by Gasteiger charge is -2.31. The van der Waals surface area contributed by atoms with E-state index in [9.17, 15) is 0 Å². The van der Waals surface area contributed by atoms with Crippen LogP contribution in [0.1, 0.15) is 30.5 Å². The first-order valence-electron chi connectivity index (χ1n) is 6.00. The fraction of sp³-hybridized carbons (Fsp3) is 0.538. The molecule has 88 valence electrons. The number of hydrogen-bond donors (Lipinski definition) is 2. The number of nitrogens with zero attached hydrogens (tertiary/aromatic N) is 1. The molecule has 1 aliphatic heterocycles. The third-order valence-corrected chi connectivity index (χ3v) is 3.32. The molecule has 0 aromatic heterocycles. The molecule has 0 fully saturated rings. The van der Waals surface area contributed by atoms with Crippen molar-refractivity contribution >= 4 is 5.69 Å². The van der Waals surface area contributed by atoms with Gasteiger partial charge >= 0.3 is 0 Å². The van der Waals surface area contributed by atoms with Crippen molar-refractivity contribution in [2.75, 3.05) is 24.6 Å². The van der Waals surface area contributed by atoms with Gasteiger partial charge in [0.15, 0.2) is 0 Å². The van der Waals surface area contributed by atoms with Crippen molar-refractivity contribution in [3.05, 3.63) is 29.3 Å². The summed E-state index contributed by atoms with van der Waals surface area (Å²) in [6.07, 6.45) is 2.33. The molecule has 1 aromatic carbocycles. The van der Waals surface area contributed by atoms with Crippen molar-refractivity contribution in [1.82, 2.24) is 0 Å². The van der Waals surface area contributed by atoms with E-state index >= 15 is 0 Å². The van der Waals surface area contributed by atoms with Crippen LogP contribution in [0.15, 0.2) is 18.2 Å². The van der Waals surface area contributed by atoms with Gasteiger partial charge in [-0.05, 0) is 37.0 Å². The lowest BCUT2D eigenvalue weighted by molar-refractivity contribution is 0.268. The van der Waals surface area contributed by atoms with Gasteiger partial charge in [-0.3, -0.25) is 0 Å². The molecule has 2 rings (SSSR count). The predicted molar refractivity (Wildman–Crippen MR) is 66.7 cm³/mol. The van der Waals surface area contributed by atoms with Crippen LogP contribution < -0.4 is 10.6 Å². The number of anilines is 1. The van der Waals surface area contributed by atoms with Gasteiger partial charge < -0.3 is 15.7 Å². The fourth-order valence-corrected chi connectivity index (χ4v) is 2.36. The van der Waals surface area contributed by atoms with Crippen LogP contribution in [0.3, 0.4) is 0 Å². The normalized spacial score (nSPS) is 17.1. The number of aliphatic hydroxyl groups excluding tert-OH is 1. The molecular weight excluding hydrogens is 200 g/mol. The number of nitrogens with two attached hydrogens (primary N) is 1. The molecule has 0 amide bonds. The first-order valence-corrected chi connectivity index (χ1v) is 6.00. The molecular formula is C13H20N2O. The molecule has 16 heavy (non-hydrogen) atoms. The molecule has 0 radical (unpaired) electrons. The van der Waals surface area contributed by atoms with Gasteiger partial charge in [0.1, 0.15) is 0 Å². The number of hydrogen-bond acceptors (Lipinski definition) is 3. The molecule has 1 heterocycles. The van der Waals surface area contributed by atoms with Crippen LogP contribution in [0.5, 0.6) is 0 Å². The van der Waals surface area contributed by atoms with E-state index < -0.39 is 0 Å². The van der Waals surface area contributed by atoms with Crippen LogP contribution in [0, 0.1) is 0 Å². The highest BCUT2D eigenvalue weighted by Crippen LogP contribution is 2.29. The minimum atomic E-state index is -0.248. The van der Waals surface area contributed by atoms with E-state index in [0.717, 1.165) is 25.1 Å². The zero-order valence-electron chi connectivity index (χ0n) is 9.82. The predicted octanol–water partition coefficient (Wildman–Crippen LogP) is 1.45. The monoisotopic (exact) mass is 220 g/mol. The van der Waals surface area contributed by atoms with E-state index in [2.05, 4.69) is 24.0 Å². The van der Waals surface area contributed by atoms with Crippen molar-refractivity contribution < 1.29 is 5.11 Å². The Hall–Kier alpha value is -1.06. The first kappa shape index (κ1) is 11.4. The van der Waals surface area contributed by atoms with Crippen molar-refractivity contribution in [1.29, 1.82) is 0 Å². The molecule has 0 saturated carbocycles. The number of aryl methyl sites for hydroxylation is 1. The molecule has 0 aliphatic carbocycles. The van der Waals surface area contributed by atoms with Gasteiger partial charge in [0.2, 0.25) is 0 Å². The van der Waals surface area contributed by atoms with Gasteiger partial charge in [0.05, 0.1) is 12.6 Å². The van der Waals surface area contributed by atoms with Gasteiger partial charge in [-0.25, -0.2) is 0 Å². The van der Waals surface area contributed by atoms with Crippen LogP contribution in [-0.4, -0.2) is 24.8 Å². The summed E-state index contributed by atoms with van der Waals surface area (Å²) < 4.78 is 0. The largest absolute Gasteiger partial charge is 0.394 e. The maximum absolute atomic E-state index is 9.06. The molecule has 3 nitrogen and oxygen atoms in total. The zero-order valence-corrected chi connectivity index (χ0v) is 9.82. The second-order valence-electron chi connectivity index (χ2n) is 4.36. The maximum Gasteiger partial charge on any atom is 0.0624 e. The summed E-state index contributed by atoms with van der Waals surface area (Å²) >= 11 is 0. The summed E-state index contributed by atoms with van der Waals surface area (Å²) in [7, 11) is 0. The molecule has 0 bridgehead atoms. The van der Waals surface area contributed by atoms with Crippen molar-refractivity contribution in [3.8, 4) is 0 Å². The maximum atomic E-state index is 9.06. The molecule has 1 aromatic rings. The highest BCUT2D eigenvalue weighted by Gasteiger charge is 2.16. The molecule has 3 N–H and O–H groups in total. The smallest absolute Gasteiger partial charge is 0.0624 e. The molecule has 1 atom stereocenters. The van der Waals surface area contributed by atoms with Gasteiger partial charge in [-0.15, -0.1) is 0 Å². The Morgan fingerprint density at radius 1 is 1.50 bits per heavy atom. The topological polar surface area (TPSA) is 49.5 Å². The molecule has 0 unspecified atom stereocenters. The number of benzene rings is 1. The quantitative estimate of drug-likeness (QED) is 0.810. The molecule has 1 aliphatic rings. The first-order chi connectivity index (χ1) is 7.76. The molecule has 0 spiro atoms. The van der Waals surface area contributed by atoms with Gasteiger partial charge in [0.25, 0.3) is 0 Å². The van der Waals surface area contributed by atoms with E-state index in [-0.39, 0.29) is 12.6 Å². The molecule has 0 saturated heterocycles. The van der Waals surface area contributed by atoms with E-state index in [1.807, 2.05) is 6.07 Å². The Balaban J connectivity index is 2.31. The second-order valence-corrected chi connectivity index (χ2v) is 4.36. The summed E-state index contributed by atoms with van der Waals surface area (Å²) in [6, 6.07) is 6.08. The SMILES string of the molecule is CCN1CCCc2cc([C@@H](N)CO)ccc21. The van der Waals surface area contributed by atoms with Crippen molar-refractivity contribution in [3.63, 3.8) is 0 Å². The van der Waals surface area contributed by atoms with Crippen molar-refractivity contribution in [2.45, 2.75) is 25.8 Å². The Morgan fingerprint density at radius 2 is 2.31 bits per heavy atom. The van der Waals surface area contributed by atoms with Crippen LogP contribution in [0.2, 0.25) is 0 Å². The Labute approximate surface area is 96.9 Å². The minimum Gasteiger partial charge on any atom is -0.394 e.